The van der Waals surface area contributed by atoms with Gasteiger partial charge >= 0.3 is 0 Å². The van der Waals surface area contributed by atoms with Gasteiger partial charge in [-0.25, -0.2) is 9.97 Å². The zero-order chi connectivity index (χ0) is 18.1. The summed E-state index contributed by atoms with van der Waals surface area (Å²) in [5.41, 5.74) is 3.16. The van der Waals surface area contributed by atoms with Gasteiger partial charge in [0.25, 0.3) is 0 Å². The Morgan fingerprint density at radius 1 is 1.04 bits per heavy atom. The third kappa shape index (κ3) is 3.52. The maximum Gasteiger partial charge on any atom is 0.163 e. The van der Waals surface area contributed by atoms with Gasteiger partial charge in [-0.15, -0.1) is 0 Å². The molecule has 1 N–H and O–H groups in total. The number of halogens is 1. The molecule has 6 nitrogen and oxygen atoms in total. The molecule has 3 heterocycles. The van der Waals surface area contributed by atoms with E-state index < -0.39 is 0 Å². The second-order valence-corrected chi connectivity index (χ2v) is 7.76. The topological polar surface area (TPSA) is 55.7 Å². The van der Waals surface area contributed by atoms with E-state index >= 15 is 0 Å². The molecule has 0 saturated carbocycles. The summed E-state index contributed by atoms with van der Waals surface area (Å²) in [5.74, 6) is 1.50. The van der Waals surface area contributed by atoms with Gasteiger partial charge in [0.2, 0.25) is 0 Å². The molecule has 26 heavy (non-hydrogen) atoms. The maximum atomic E-state index is 9.25. The lowest BCUT2D eigenvalue weighted by atomic mass is 10.1. The first-order valence-electron chi connectivity index (χ1n) is 8.93. The molecular weight excluding hydrogens is 369 g/mol. The lowest BCUT2D eigenvalue weighted by molar-refractivity contribution is 0.302. The summed E-state index contributed by atoms with van der Waals surface area (Å²) >= 11 is 6.40. The van der Waals surface area contributed by atoms with E-state index in [-0.39, 0.29) is 6.61 Å². The zero-order valence-electron chi connectivity index (χ0n) is 14.6. The van der Waals surface area contributed by atoms with Crippen molar-refractivity contribution in [2.75, 3.05) is 55.7 Å². The van der Waals surface area contributed by atoms with Gasteiger partial charge in [-0.3, -0.25) is 4.67 Å². The Bertz CT molecular complexity index is 780. The summed E-state index contributed by atoms with van der Waals surface area (Å²) in [6.45, 7) is 5.66. The number of piperazine rings is 1. The van der Waals surface area contributed by atoms with E-state index in [1.807, 2.05) is 0 Å². The molecule has 0 radical (unpaired) electrons. The van der Waals surface area contributed by atoms with Gasteiger partial charge in [0.15, 0.2) is 5.82 Å². The lowest BCUT2D eigenvalue weighted by Crippen LogP contribution is -2.42. The van der Waals surface area contributed by atoms with Gasteiger partial charge < -0.3 is 14.9 Å². The normalized spacial score (nSPS) is 17.7. The fourth-order valence-electron chi connectivity index (χ4n) is 3.54. The summed E-state index contributed by atoms with van der Waals surface area (Å²) in [6, 6.07) is 8.38. The summed E-state index contributed by atoms with van der Waals surface area (Å²) in [6.07, 6.45) is 0.828. The first-order valence-corrected chi connectivity index (χ1v) is 9.82. The summed E-state index contributed by atoms with van der Waals surface area (Å²) in [5, 5.41) is 9.77. The molecule has 0 bridgehead atoms. The monoisotopic (exact) mass is 391 g/mol. The van der Waals surface area contributed by atoms with Crippen LogP contribution >= 0.6 is 21.0 Å². The van der Waals surface area contributed by atoms with Crippen molar-refractivity contribution < 1.29 is 5.11 Å². The molecule has 2 aliphatic heterocycles. The van der Waals surface area contributed by atoms with Gasteiger partial charge in [-0.1, -0.05) is 21.0 Å². The van der Waals surface area contributed by atoms with Crippen LogP contribution in [0.2, 0.25) is 5.15 Å². The Kier molecular flexibility index (Phi) is 5.28. The average molecular weight is 392 g/mol. The molecule has 2 aliphatic rings. The highest BCUT2D eigenvalue weighted by atomic mass is 35.5. The minimum Gasteiger partial charge on any atom is -0.395 e. The Morgan fingerprint density at radius 3 is 2.46 bits per heavy atom. The number of aromatic nitrogens is 2. The minimum atomic E-state index is 0.106. The van der Waals surface area contributed by atoms with Gasteiger partial charge in [-0.05, 0) is 30.7 Å². The molecule has 1 fully saturated rings. The Hall–Kier alpha value is -1.46. The molecule has 1 aromatic heterocycles. The molecule has 138 valence electrons. The molecule has 2 aromatic rings. The minimum absolute atomic E-state index is 0.106. The predicted octanol–water partition coefficient (Wildman–Crippen LogP) is 2.06. The molecule has 1 aromatic carbocycles. The first kappa shape index (κ1) is 17.9. The van der Waals surface area contributed by atoms with E-state index in [0.717, 1.165) is 56.1 Å². The summed E-state index contributed by atoms with van der Waals surface area (Å²) in [4.78, 5) is 13.7. The van der Waals surface area contributed by atoms with Crippen molar-refractivity contribution in [3.05, 3.63) is 35.0 Å². The van der Waals surface area contributed by atoms with Crippen molar-refractivity contribution in [3.8, 4) is 11.4 Å². The maximum absolute atomic E-state index is 9.25. The lowest BCUT2D eigenvalue weighted by Gasteiger charge is -2.33. The van der Waals surface area contributed by atoms with Crippen molar-refractivity contribution in [2.24, 2.45) is 0 Å². The second-order valence-electron chi connectivity index (χ2n) is 6.67. The van der Waals surface area contributed by atoms with Crippen molar-refractivity contribution in [2.45, 2.75) is 6.42 Å². The highest BCUT2D eigenvalue weighted by Gasteiger charge is 2.25. The van der Waals surface area contributed by atoms with E-state index in [4.69, 9.17) is 16.6 Å². The number of aliphatic hydroxyl groups is 1. The zero-order valence-corrected chi connectivity index (χ0v) is 16.5. The van der Waals surface area contributed by atoms with Crippen LogP contribution in [0.25, 0.3) is 11.4 Å². The number of anilines is 2. The van der Waals surface area contributed by atoms with E-state index in [2.05, 4.69) is 53.1 Å². The van der Waals surface area contributed by atoms with Crippen LogP contribution in [0.1, 0.15) is 5.56 Å². The average Bonchev–Trinajstić information content (AvgIpc) is 3.06. The van der Waals surface area contributed by atoms with Crippen LogP contribution in [0.15, 0.2) is 24.3 Å². The number of benzene rings is 1. The fourth-order valence-corrected chi connectivity index (χ4v) is 4.03. The molecule has 8 heteroatoms. The van der Waals surface area contributed by atoms with Crippen LogP contribution in [-0.2, 0) is 6.42 Å². The van der Waals surface area contributed by atoms with Crippen molar-refractivity contribution in [3.63, 3.8) is 0 Å². The fraction of sp³-hybridized carbons (Fsp3) is 0.444. The molecule has 0 spiro atoms. The number of hydrogen-bond donors (Lipinski definition) is 1. The predicted molar refractivity (Wildman–Crippen MR) is 109 cm³/mol. The third-order valence-electron chi connectivity index (χ3n) is 5.04. The standard InChI is InChI=1S/C18H23ClN5OP/c19-16-15-5-6-23(11-12-25)18(15)21-17(20-16)13-1-3-14(4-2-13)22-7-9-24(26)10-8-22/h1-4,25H,5-12,26H2. The van der Waals surface area contributed by atoms with E-state index in [1.54, 1.807) is 0 Å². The number of hydrogen-bond acceptors (Lipinski definition) is 6. The molecule has 4 rings (SSSR count). The number of aliphatic hydroxyl groups excluding tert-OH is 1. The SMILES string of the molecule is OCCN1CCc2c(Cl)nc(-c3ccc(N4CCN(P)CC4)cc3)nc21. The van der Waals surface area contributed by atoms with Crippen LogP contribution in [-0.4, -0.2) is 65.6 Å². The number of fused-ring (bicyclic) bond motifs is 1. The van der Waals surface area contributed by atoms with Gasteiger partial charge in [0, 0.05) is 56.1 Å². The van der Waals surface area contributed by atoms with Crippen molar-refractivity contribution in [1.29, 1.82) is 0 Å². The van der Waals surface area contributed by atoms with Crippen LogP contribution in [0, 0.1) is 0 Å². The van der Waals surface area contributed by atoms with Gasteiger partial charge in [0.1, 0.15) is 11.0 Å². The summed E-state index contributed by atoms with van der Waals surface area (Å²) < 4.78 is 2.27. The molecule has 0 amide bonds. The Morgan fingerprint density at radius 2 is 1.77 bits per heavy atom. The quantitative estimate of drug-likeness (QED) is 0.636. The number of nitrogens with zero attached hydrogens (tertiary/aromatic N) is 5. The van der Waals surface area contributed by atoms with Crippen molar-refractivity contribution >= 4 is 32.5 Å². The van der Waals surface area contributed by atoms with Gasteiger partial charge in [-0.2, -0.15) is 0 Å². The second kappa shape index (κ2) is 7.65. The van der Waals surface area contributed by atoms with Crippen LogP contribution in [0.4, 0.5) is 11.5 Å². The highest BCUT2D eigenvalue weighted by Crippen LogP contribution is 2.33. The van der Waals surface area contributed by atoms with E-state index in [0.29, 0.717) is 17.5 Å². The molecule has 1 saturated heterocycles. The van der Waals surface area contributed by atoms with Crippen LogP contribution < -0.4 is 9.80 Å². The molecule has 0 aliphatic carbocycles. The van der Waals surface area contributed by atoms with Crippen LogP contribution in [0.5, 0.6) is 0 Å². The third-order valence-corrected chi connectivity index (χ3v) is 5.87. The molecule has 1 atom stereocenters. The van der Waals surface area contributed by atoms with Crippen molar-refractivity contribution in [1.82, 2.24) is 14.6 Å². The van der Waals surface area contributed by atoms with E-state index in [9.17, 15) is 5.11 Å². The molecular formula is C18H23ClN5OP. The Balaban J connectivity index is 1.58. The van der Waals surface area contributed by atoms with Crippen LogP contribution in [0.3, 0.4) is 0 Å². The smallest absolute Gasteiger partial charge is 0.163 e. The highest BCUT2D eigenvalue weighted by molar-refractivity contribution is 7.13. The number of β-amino-alcohol motifs (C(OH)–C–C–N with tert-alkyl or cyclic N) is 1. The largest absolute Gasteiger partial charge is 0.395 e. The van der Waals surface area contributed by atoms with E-state index in [1.165, 1.54) is 5.69 Å². The molecule has 1 unspecified atom stereocenters. The Labute approximate surface area is 161 Å². The van der Waals surface area contributed by atoms with Gasteiger partial charge in [0.05, 0.1) is 6.61 Å². The first-order chi connectivity index (χ1) is 12.7. The number of rotatable bonds is 4. The summed E-state index contributed by atoms with van der Waals surface area (Å²) in [7, 11) is 2.77.